The molecule has 0 fully saturated rings. The van der Waals surface area contributed by atoms with Crippen molar-refractivity contribution < 1.29 is 19.0 Å². The smallest absolute Gasteiger partial charge is 0.289 e. The number of ether oxygens (including phenoxy) is 3. The Balaban J connectivity index is 1.67. The van der Waals surface area contributed by atoms with Gasteiger partial charge in [0.05, 0.1) is 33.2 Å². The zero-order valence-corrected chi connectivity index (χ0v) is 15.7. The molecule has 0 aliphatic rings. The van der Waals surface area contributed by atoms with Crippen molar-refractivity contribution in [2.24, 2.45) is 5.10 Å². The second-order valence-electron chi connectivity index (χ2n) is 5.71. The third-order valence-electron chi connectivity index (χ3n) is 4.00. The van der Waals surface area contributed by atoms with E-state index < -0.39 is 5.91 Å². The van der Waals surface area contributed by atoms with Crippen LogP contribution in [-0.4, -0.2) is 43.6 Å². The first kappa shape index (κ1) is 19.0. The standard InChI is InChI=1S/C20H20N4O4/c1-26-15-7-4-13(5-8-15)12-21-24-20(25)17-11-16(22-23-17)14-6-9-18(27-2)19(10-14)28-3/h4-12H,1-3H3,(H,22,23)(H,24,25). The summed E-state index contributed by atoms with van der Waals surface area (Å²) in [4.78, 5) is 12.2. The van der Waals surface area contributed by atoms with E-state index in [0.717, 1.165) is 16.9 Å². The maximum absolute atomic E-state index is 12.2. The summed E-state index contributed by atoms with van der Waals surface area (Å²) in [7, 11) is 4.73. The van der Waals surface area contributed by atoms with E-state index in [0.29, 0.717) is 17.2 Å². The number of benzene rings is 2. The molecule has 8 heteroatoms. The number of methoxy groups -OCH3 is 3. The van der Waals surface area contributed by atoms with Gasteiger partial charge in [-0.3, -0.25) is 9.89 Å². The first-order valence-corrected chi connectivity index (χ1v) is 8.40. The Morgan fingerprint density at radius 1 is 1.00 bits per heavy atom. The Labute approximate surface area is 162 Å². The van der Waals surface area contributed by atoms with Crippen molar-refractivity contribution in [2.75, 3.05) is 21.3 Å². The number of hydrogen-bond acceptors (Lipinski definition) is 6. The van der Waals surface area contributed by atoms with Crippen LogP contribution in [-0.2, 0) is 0 Å². The number of hydrazone groups is 1. The average molecular weight is 380 g/mol. The number of H-pyrrole nitrogens is 1. The van der Waals surface area contributed by atoms with Crippen LogP contribution in [0.5, 0.6) is 17.2 Å². The summed E-state index contributed by atoms with van der Waals surface area (Å²) in [5.74, 6) is 1.55. The van der Waals surface area contributed by atoms with Gasteiger partial charge in [0.1, 0.15) is 11.4 Å². The van der Waals surface area contributed by atoms with Gasteiger partial charge >= 0.3 is 0 Å². The minimum atomic E-state index is -0.399. The van der Waals surface area contributed by atoms with Crippen LogP contribution in [0.4, 0.5) is 0 Å². The molecule has 0 aliphatic carbocycles. The topological polar surface area (TPSA) is 97.8 Å². The van der Waals surface area contributed by atoms with E-state index in [9.17, 15) is 4.79 Å². The lowest BCUT2D eigenvalue weighted by molar-refractivity contribution is 0.0950. The first-order valence-electron chi connectivity index (χ1n) is 8.40. The molecule has 2 N–H and O–H groups in total. The zero-order valence-electron chi connectivity index (χ0n) is 15.7. The predicted octanol–water partition coefficient (Wildman–Crippen LogP) is 2.87. The largest absolute Gasteiger partial charge is 0.497 e. The van der Waals surface area contributed by atoms with Gasteiger partial charge in [0.15, 0.2) is 11.5 Å². The fourth-order valence-corrected chi connectivity index (χ4v) is 2.50. The van der Waals surface area contributed by atoms with Gasteiger partial charge in [0.25, 0.3) is 5.91 Å². The van der Waals surface area contributed by atoms with E-state index in [1.807, 2.05) is 30.3 Å². The van der Waals surface area contributed by atoms with E-state index in [2.05, 4.69) is 20.7 Å². The second-order valence-corrected chi connectivity index (χ2v) is 5.71. The van der Waals surface area contributed by atoms with Gasteiger partial charge < -0.3 is 14.2 Å². The Kier molecular flexibility index (Phi) is 5.91. The number of aromatic amines is 1. The van der Waals surface area contributed by atoms with E-state index >= 15 is 0 Å². The SMILES string of the molecule is COc1ccc(C=NNC(=O)c2cc(-c3ccc(OC)c(OC)c3)n[nH]2)cc1. The number of aromatic nitrogens is 2. The third kappa shape index (κ3) is 4.29. The van der Waals surface area contributed by atoms with Crippen LogP contribution in [0.25, 0.3) is 11.3 Å². The molecular formula is C20H20N4O4. The molecule has 0 bridgehead atoms. The number of hydrogen-bond donors (Lipinski definition) is 2. The maximum atomic E-state index is 12.2. The molecule has 1 amide bonds. The molecule has 0 radical (unpaired) electrons. The normalized spacial score (nSPS) is 10.7. The molecule has 3 rings (SSSR count). The fraction of sp³-hybridized carbons (Fsp3) is 0.150. The number of nitrogens with one attached hydrogen (secondary N) is 2. The zero-order chi connectivity index (χ0) is 19.9. The highest BCUT2D eigenvalue weighted by molar-refractivity contribution is 5.94. The van der Waals surface area contributed by atoms with Crippen LogP contribution >= 0.6 is 0 Å². The molecule has 0 saturated carbocycles. The van der Waals surface area contributed by atoms with E-state index in [-0.39, 0.29) is 5.69 Å². The Morgan fingerprint density at radius 3 is 2.43 bits per heavy atom. The lowest BCUT2D eigenvalue weighted by Gasteiger charge is -2.08. The molecular weight excluding hydrogens is 360 g/mol. The van der Waals surface area contributed by atoms with Gasteiger partial charge in [-0.2, -0.15) is 10.2 Å². The number of nitrogens with zero attached hydrogens (tertiary/aromatic N) is 2. The summed E-state index contributed by atoms with van der Waals surface area (Å²) in [5, 5.41) is 10.8. The minimum absolute atomic E-state index is 0.289. The fourth-order valence-electron chi connectivity index (χ4n) is 2.50. The molecule has 28 heavy (non-hydrogen) atoms. The monoisotopic (exact) mass is 380 g/mol. The second kappa shape index (κ2) is 8.72. The lowest BCUT2D eigenvalue weighted by atomic mass is 10.1. The van der Waals surface area contributed by atoms with E-state index in [1.165, 1.54) is 0 Å². The summed E-state index contributed by atoms with van der Waals surface area (Å²) in [6.07, 6.45) is 1.54. The number of carbonyl (C=O) groups is 1. The van der Waals surface area contributed by atoms with Gasteiger partial charge in [-0.05, 0) is 54.1 Å². The highest BCUT2D eigenvalue weighted by Gasteiger charge is 2.12. The maximum Gasteiger partial charge on any atom is 0.289 e. The molecule has 1 heterocycles. The van der Waals surface area contributed by atoms with E-state index in [1.54, 1.807) is 45.7 Å². The number of rotatable bonds is 7. The Bertz CT molecular complexity index is 980. The summed E-state index contributed by atoms with van der Waals surface area (Å²) in [6, 6.07) is 14.3. The summed E-state index contributed by atoms with van der Waals surface area (Å²) < 4.78 is 15.6. The van der Waals surface area contributed by atoms with Crippen LogP contribution in [0.2, 0.25) is 0 Å². The quantitative estimate of drug-likeness (QED) is 0.485. The van der Waals surface area contributed by atoms with Crippen molar-refractivity contribution in [1.82, 2.24) is 15.6 Å². The molecule has 2 aromatic carbocycles. The van der Waals surface area contributed by atoms with Crippen LogP contribution in [0.15, 0.2) is 53.6 Å². The van der Waals surface area contributed by atoms with Crippen molar-refractivity contribution in [1.29, 1.82) is 0 Å². The number of carbonyl (C=O) groups excluding carboxylic acids is 1. The summed E-state index contributed by atoms with van der Waals surface area (Å²) in [6.45, 7) is 0. The van der Waals surface area contributed by atoms with Crippen LogP contribution in [0.1, 0.15) is 16.1 Å². The molecule has 3 aromatic rings. The molecule has 0 atom stereocenters. The van der Waals surface area contributed by atoms with Crippen molar-refractivity contribution >= 4 is 12.1 Å². The average Bonchev–Trinajstić information content (AvgIpc) is 3.24. The highest BCUT2D eigenvalue weighted by atomic mass is 16.5. The molecule has 0 aliphatic heterocycles. The van der Waals surface area contributed by atoms with Crippen LogP contribution in [0, 0.1) is 0 Å². The van der Waals surface area contributed by atoms with Gasteiger partial charge in [0.2, 0.25) is 0 Å². The van der Waals surface area contributed by atoms with Crippen molar-refractivity contribution in [3.05, 3.63) is 59.8 Å². The molecule has 144 valence electrons. The van der Waals surface area contributed by atoms with Crippen molar-refractivity contribution in [3.8, 4) is 28.5 Å². The first-order chi connectivity index (χ1) is 13.6. The molecule has 1 aromatic heterocycles. The summed E-state index contributed by atoms with van der Waals surface area (Å²) in [5.41, 5.74) is 4.97. The van der Waals surface area contributed by atoms with Gasteiger partial charge in [-0.25, -0.2) is 5.43 Å². The van der Waals surface area contributed by atoms with Gasteiger partial charge in [-0.1, -0.05) is 0 Å². The third-order valence-corrected chi connectivity index (χ3v) is 4.00. The van der Waals surface area contributed by atoms with Crippen LogP contribution < -0.4 is 19.6 Å². The summed E-state index contributed by atoms with van der Waals surface area (Å²) >= 11 is 0. The van der Waals surface area contributed by atoms with Gasteiger partial charge in [0, 0.05) is 5.56 Å². The van der Waals surface area contributed by atoms with Gasteiger partial charge in [-0.15, -0.1) is 0 Å². The Morgan fingerprint density at radius 2 is 1.75 bits per heavy atom. The molecule has 0 spiro atoms. The minimum Gasteiger partial charge on any atom is -0.497 e. The molecule has 0 saturated heterocycles. The van der Waals surface area contributed by atoms with Crippen LogP contribution in [0.3, 0.4) is 0 Å². The van der Waals surface area contributed by atoms with Crippen molar-refractivity contribution in [2.45, 2.75) is 0 Å². The number of amides is 1. The molecule has 8 nitrogen and oxygen atoms in total. The Hall–Kier alpha value is -3.81. The lowest BCUT2D eigenvalue weighted by Crippen LogP contribution is -2.17. The molecule has 0 unspecified atom stereocenters. The highest BCUT2D eigenvalue weighted by Crippen LogP contribution is 2.31. The van der Waals surface area contributed by atoms with E-state index in [4.69, 9.17) is 14.2 Å². The van der Waals surface area contributed by atoms with Crippen molar-refractivity contribution in [3.63, 3.8) is 0 Å². The predicted molar refractivity (Wildman–Crippen MR) is 105 cm³/mol.